The lowest BCUT2D eigenvalue weighted by Gasteiger charge is -2.37. The summed E-state index contributed by atoms with van der Waals surface area (Å²) >= 11 is 0. The van der Waals surface area contributed by atoms with Crippen molar-refractivity contribution in [3.05, 3.63) is 65.9 Å². The van der Waals surface area contributed by atoms with Crippen molar-refractivity contribution in [1.29, 1.82) is 0 Å². The molecule has 1 saturated heterocycles. The minimum atomic E-state index is -1.11. The van der Waals surface area contributed by atoms with Gasteiger partial charge in [0, 0.05) is 25.3 Å². The molecular formula is C24H24F3N5O2. The molecule has 1 fully saturated rings. The molecule has 178 valence electrons. The SMILES string of the molecule is COc1ccc(F)c(-c2nc(C(=O)Nc3cnccc3N3C[C@H](C)C[C@H](N)C3)ccc2F)c1F. The maximum absolute atomic E-state index is 14.7. The predicted octanol–water partition coefficient (Wildman–Crippen LogP) is 4.00. The summed E-state index contributed by atoms with van der Waals surface area (Å²) in [4.78, 5) is 23.1. The standard InChI is InChI=1S/C24H24F3N5O2/c1-13-9-14(28)12-32(11-13)19-7-8-29-10-18(19)31-24(33)17-5-3-16(26)23(30-17)21-15(25)4-6-20(34-2)22(21)27/h3-8,10,13-14H,9,11-12,28H2,1-2H3,(H,31,33)/t13-,14+/m1/s1. The lowest BCUT2D eigenvalue weighted by atomic mass is 9.96. The zero-order chi connectivity index (χ0) is 24.4. The maximum Gasteiger partial charge on any atom is 0.274 e. The number of nitrogens with one attached hydrogen (secondary N) is 1. The summed E-state index contributed by atoms with van der Waals surface area (Å²) in [5.74, 6) is -3.73. The normalized spacial score (nSPS) is 18.0. The fourth-order valence-electron chi connectivity index (χ4n) is 4.19. The van der Waals surface area contributed by atoms with Gasteiger partial charge < -0.3 is 20.7 Å². The summed E-state index contributed by atoms with van der Waals surface area (Å²) < 4.78 is 48.5. The number of hydrogen-bond acceptors (Lipinski definition) is 6. The van der Waals surface area contributed by atoms with E-state index in [4.69, 9.17) is 10.5 Å². The van der Waals surface area contributed by atoms with Crippen molar-refractivity contribution in [3.8, 4) is 17.0 Å². The van der Waals surface area contributed by atoms with Crippen molar-refractivity contribution >= 4 is 17.3 Å². The zero-order valence-corrected chi connectivity index (χ0v) is 18.7. The molecule has 0 bridgehead atoms. The number of pyridine rings is 2. The van der Waals surface area contributed by atoms with Gasteiger partial charge in [0.1, 0.15) is 23.0 Å². The Labute approximate surface area is 194 Å². The van der Waals surface area contributed by atoms with Gasteiger partial charge in [-0.1, -0.05) is 6.92 Å². The molecule has 3 aromatic rings. The summed E-state index contributed by atoms with van der Waals surface area (Å²) in [6.45, 7) is 3.48. The number of carbonyl (C=O) groups excluding carboxylic acids is 1. The molecule has 0 aliphatic carbocycles. The number of anilines is 2. The highest BCUT2D eigenvalue weighted by Gasteiger charge is 2.26. The van der Waals surface area contributed by atoms with E-state index in [1.807, 2.05) is 0 Å². The zero-order valence-electron chi connectivity index (χ0n) is 18.7. The van der Waals surface area contributed by atoms with Crippen LogP contribution in [0.3, 0.4) is 0 Å². The minimum absolute atomic E-state index is 0.00514. The summed E-state index contributed by atoms with van der Waals surface area (Å²) in [5, 5.41) is 2.72. The van der Waals surface area contributed by atoms with Gasteiger partial charge in [-0.25, -0.2) is 18.2 Å². The van der Waals surface area contributed by atoms with Crippen LogP contribution in [0.4, 0.5) is 24.5 Å². The van der Waals surface area contributed by atoms with Crippen molar-refractivity contribution in [2.24, 2.45) is 11.7 Å². The Morgan fingerprint density at radius 2 is 1.91 bits per heavy atom. The summed E-state index contributed by atoms with van der Waals surface area (Å²) in [5.41, 5.74) is 5.74. The van der Waals surface area contributed by atoms with E-state index in [1.54, 1.807) is 12.3 Å². The first-order valence-electron chi connectivity index (χ1n) is 10.7. The van der Waals surface area contributed by atoms with E-state index >= 15 is 0 Å². The third kappa shape index (κ3) is 4.67. The van der Waals surface area contributed by atoms with Crippen molar-refractivity contribution in [2.45, 2.75) is 19.4 Å². The molecule has 10 heteroatoms. The average molecular weight is 471 g/mol. The number of ether oxygens (including phenoxy) is 1. The lowest BCUT2D eigenvalue weighted by molar-refractivity contribution is 0.102. The van der Waals surface area contributed by atoms with Crippen molar-refractivity contribution < 1.29 is 22.7 Å². The first-order chi connectivity index (χ1) is 16.3. The number of methoxy groups -OCH3 is 1. The molecule has 0 unspecified atom stereocenters. The molecule has 1 aromatic carbocycles. The lowest BCUT2D eigenvalue weighted by Crippen LogP contribution is -2.46. The largest absolute Gasteiger partial charge is 0.494 e. The third-order valence-electron chi connectivity index (χ3n) is 5.67. The van der Waals surface area contributed by atoms with Gasteiger partial charge in [0.05, 0.1) is 30.2 Å². The fourth-order valence-corrected chi connectivity index (χ4v) is 4.19. The van der Waals surface area contributed by atoms with Crippen molar-refractivity contribution in [1.82, 2.24) is 9.97 Å². The van der Waals surface area contributed by atoms with Gasteiger partial charge in [0.15, 0.2) is 11.6 Å². The molecule has 7 nitrogen and oxygen atoms in total. The second-order valence-electron chi connectivity index (χ2n) is 8.32. The van der Waals surface area contributed by atoms with Gasteiger partial charge in [-0.05, 0) is 42.7 Å². The van der Waals surface area contributed by atoms with Gasteiger partial charge in [0.2, 0.25) is 0 Å². The van der Waals surface area contributed by atoms with Crippen LogP contribution in [-0.2, 0) is 0 Å². The van der Waals surface area contributed by atoms with E-state index in [2.05, 4.69) is 27.1 Å². The molecule has 0 saturated carbocycles. The van der Waals surface area contributed by atoms with Crippen LogP contribution in [0.25, 0.3) is 11.3 Å². The number of carbonyl (C=O) groups is 1. The molecule has 4 rings (SSSR count). The Hall–Kier alpha value is -3.66. The molecule has 0 spiro atoms. The van der Waals surface area contributed by atoms with E-state index in [0.29, 0.717) is 18.2 Å². The van der Waals surface area contributed by atoms with Gasteiger partial charge >= 0.3 is 0 Å². The number of aromatic nitrogens is 2. The first-order valence-corrected chi connectivity index (χ1v) is 10.7. The summed E-state index contributed by atoms with van der Waals surface area (Å²) in [7, 11) is 1.20. The maximum atomic E-state index is 14.7. The molecule has 34 heavy (non-hydrogen) atoms. The number of nitrogens with zero attached hydrogens (tertiary/aromatic N) is 3. The van der Waals surface area contributed by atoms with Gasteiger partial charge in [-0.3, -0.25) is 9.78 Å². The van der Waals surface area contributed by atoms with Crippen LogP contribution < -0.4 is 20.7 Å². The smallest absolute Gasteiger partial charge is 0.274 e. The highest BCUT2D eigenvalue weighted by molar-refractivity contribution is 6.04. The van der Waals surface area contributed by atoms with Crippen LogP contribution in [0, 0.1) is 23.4 Å². The Balaban J connectivity index is 1.66. The fraction of sp³-hybridized carbons (Fsp3) is 0.292. The number of hydrogen-bond donors (Lipinski definition) is 2. The topological polar surface area (TPSA) is 93.4 Å². The van der Waals surface area contributed by atoms with E-state index < -0.39 is 34.6 Å². The van der Waals surface area contributed by atoms with Crippen LogP contribution in [0.1, 0.15) is 23.8 Å². The number of halogens is 3. The van der Waals surface area contributed by atoms with E-state index in [-0.39, 0.29) is 17.5 Å². The number of amides is 1. The van der Waals surface area contributed by atoms with Gasteiger partial charge in [-0.15, -0.1) is 0 Å². The Kier molecular flexibility index (Phi) is 6.69. The third-order valence-corrected chi connectivity index (χ3v) is 5.67. The quantitative estimate of drug-likeness (QED) is 0.585. The van der Waals surface area contributed by atoms with Crippen molar-refractivity contribution in [3.63, 3.8) is 0 Å². The van der Waals surface area contributed by atoms with Crippen LogP contribution in [0.2, 0.25) is 0 Å². The highest BCUT2D eigenvalue weighted by Crippen LogP contribution is 2.33. The van der Waals surface area contributed by atoms with Crippen LogP contribution in [0.15, 0.2) is 42.7 Å². The van der Waals surface area contributed by atoms with Gasteiger partial charge in [-0.2, -0.15) is 0 Å². The Morgan fingerprint density at radius 1 is 1.15 bits per heavy atom. The highest BCUT2D eigenvalue weighted by atomic mass is 19.1. The Morgan fingerprint density at radius 3 is 2.65 bits per heavy atom. The molecule has 0 radical (unpaired) electrons. The van der Waals surface area contributed by atoms with Crippen LogP contribution >= 0.6 is 0 Å². The van der Waals surface area contributed by atoms with Crippen molar-refractivity contribution in [2.75, 3.05) is 30.4 Å². The van der Waals surface area contributed by atoms with E-state index in [0.717, 1.165) is 42.9 Å². The summed E-state index contributed by atoms with van der Waals surface area (Å²) in [6.07, 6.45) is 4.01. The first kappa shape index (κ1) is 23.5. The number of benzene rings is 1. The van der Waals surface area contributed by atoms with E-state index in [9.17, 15) is 18.0 Å². The molecule has 1 aliphatic rings. The number of rotatable bonds is 5. The average Bonchev–Trinajstić information content (AvgIpc) is 2.80. The van der Waals surface area contributed by atoms with Crippen LogP contribution in [-0.4, -0.2) is 42.1 Å². The molecule has 1 amide bonds. The molecule has 3 N–H and O–H groups in total. The predicted molar refractivity (Wildman–Crippen MR) is 122 cm³/mol. The second-order valence-corrected chi connectivity index (χ2v) is 8.32. The molecular weight excluding hydrogens is 447 g/mol. The molecule has 3 heterocycles. The summed E-state index contributed by atoms with van der Waals surface area (Å²) in [6, 6.07) is 5.86. The molecule has 1 aliphatic heterocycles. The Bertz CT molecular complexity index is 1210. The number of nitrogens with two attached hydrogens (primary N) is 1. The molecule has 2 aromatic heterocycles. The monoisotopic (exact) mass is 471 g/mol. The number of piperidine rings is 1. The van der Waals surface area contributed by atoms with E-state index in [1.165, 1.54) is 13.3 Å². The molecule has 2 atom stereocenters. The van der Waals surface area contributed by atoms with Gasteiger partial charge in [0.25, 0.3) is 5.91 Å². The minimum Gasteiger partial charge on any atom is -0.494 e. The second kappa shape index (κ2) is 9.68. The van der Waals surface area contributed by atoms with Crippen LogP contribution in [0.5, 0.6) is 5.75 Å².